The van der Waals surface area contributed by atoms with Crippen LogP contribution in [0.3, 0.4) is 0 Å². The lowest BCUT2D eigenvalue weighted by atomic mass is 10.1. The van der Waals surface area contributed by atoms with Crippen LogP contribution in [0, 0.1) is 0 Å². The van der Waals surface area contributed by atoms with E-state index < -0.39 is 24.3 Å². The molecule has 0 rings (SSSR count). The number of ether oxygens (including phenoxy) is 4. The molecule has 0 radical (unpaired) electrons. The van der Waals surface area contributed by atoms with Gasteiger partial charge in [0.1, 0.15) is 13.2 Å². The van der Waals surface area contributed by atoms with Crippen LogP contribution < -0.4 is 0 Å². The molecule has 0 aliphatic heterocycles. The van der Waals surface area contributed by atoms with Crippen molar-refractivity contribution in [1.82, 2.24) is 0 Å². The second kappa shape index (κ2) is 64.1. The van der Waals surface area contributed by atoms with Crippen LogP contribution in [0.4, 0.5) is 0 Å². The minimum absolute atomic E-state index is 0.167. The highest BCUT2D eigenvalue weighted by atomic mass is 16.7. The average molecular weight is 1170 g/mol. The summed E-state index contributed by atoms with van der Waals surface area (Å²) in [5.41, 5.74) is 0. The molecule has 0 saturated carbocycles. The Morgan fingerprint density at radius 2 is 0.635 bits per heavy atom. The molecule has 9 nitrogen and oxygen atoms in total. The molecule has 0 aliphatic rings. The quantitative estimate of drug-likeness (QED) is 0.0211. The zero-order valence-corrected chi connectivity index (χ0v) is 53.9. The highest BCUT2D eigenvalue weighted by molar-refractivity contribution is 5.71. The summed E-state index contributed by atoms with van der Waals surface area (Å²) < 4.78 is 22.9. The first-order valence-corrected chi connectivity index (χ1v) is 32.6. The van der Waals surface area contributed by atoms with E-state index in [4.69, 9.17) is 18.9 Å². The second-order valence-corrected chi connectivity index (χ2v) is 22.0. The highest BCUT2D eigenvalue weighted by Gasteiger charge is 2.25. The van der Waals surface area contributed by atoms with Crippen LogP contribution in [0.25, 0.3) is 0 Å². The maximum Gasteiger partial charge on any atom is 0.361 e. The number of carboxylic acid groups (broad SMARTS) is 1. The molecule has 0 saturated heterocycles. The smallest absolute Gasteiger partial charge is 0.361 e. The second-order valence-electron chi connectivity index (χ2n) is 22.0. The van der Waals surface area contributed by atoms with Crippen LogP contribution in [0.5, 0.6) is 0 Å². The average Bonchev–Trinajstić information content (AvgIpc) is 3.48. The van der Waals surface area contributed by atoms with E-state index in [0.29, 0.717) is 23.9 Å². The normalized spacial score (nSPS) is 14.0. The lowest BCUT2D eigenvalue weighted by Crippen LogP contribution is -2.40. The number of hydrogen-bond donors (Lipinski definition) is 1. The molecule has 0 aliphatic carbocycles. The largest absolute Gasteiger partial charge is 0.477 e. The van der Waals surface area contributed by atoms with Gasteiger partial charge in [-0.3, -0.25) is 9.59 Å². The molecule has 0 fully saturated rings. The summed E-state index contributed by atoms with van der Waals surface area (Å²) in [6.07, 6.45) is 96.6. The first kappa shape index (κ1) is 79.1. The molecule has 0 heterocycles. The van der Waals surface area contributed by atoms with E-state index in [9.17, 15) is 19.5 Å². The number of quaternary nitrogens is 1. The lowest BCUT2D eigenvalue weighted by Gasteiger charge is -2.25. The molecule has 474 valence electrons. The van der Waals surface area contributed by atoms with Crippen LogP contribution in [0.15, 0.2) is 194 Å². The van der Waals surface area contributed by atoms with Gasteiger partial charge in [0, 0.05) is 12.8 Å². The van der Waals surface area contributed by atoms with E-state index in [2.05, 4.69) is 208 Å². The zero-order chi connectivity index (χ0) is 61.9. The van der Waals surface area contributed by atoms with Gasteiger partial charge in [-0.25, -0.2) is 4.79 Å². The van der Waals surface area contributed by atoms with Gasteiger partial charge < -0.3 is 28.5 Å². The fourth-order valence-electron chi connectivity index (χ4n) is 7.93. The van der Waals surface area contributed by atoms with Crippen LogP contribution in [0.1, 0.15) is 206 Å². The van der Waals surface area contributed by atoms with E-state index in [1.807, 2.05) is 21.1 Å². The molecule has 85 heavy (non-hydrogen) atoms. The fourth-order valence-corrected chi connectivity index (χ4v) is 7.93. The van der Waals surface area contributed by atoms with Crippen molar-refractivity contribution in [3.8, 4) is 0 Å². The predicted octanol–water partition coefficient (Wildman–Crippen LogP) is 20.2. The first-order valence-electron chi connectivity index (χ1n) is 32.6. The number of carbonyl (C=O) groups excluding carboxylic acids is 2. The topological polar surface area (TPSA) is 108 Å². The highest BCUT2D eigenvalue weighted by Crippen LogP contribution is 2.13. The van der Waals surface area contributed by atoms with Crippen LogP contribution in [0.2, 0.25) is 0 Å². The Morgan fingerprint density at radius 1 is 0.353 bits per heavy atom. The maximum absolute atomic E-state index is 12.9. The zero-order valence-electron chi connectivity index (χ0n) is 53.9. The number of esters is 2. The Morgan fingerprint density at radius 3 is 0.953 bits per heavy atom. The first-order chi connectivity index (χ1) is 41.6. The summed E-state index contributed by atoms with van der Waals surface area (Å²) in [6.45, 7) is 4.56. The monoisotopic (exact) mass is 1170 g/mol. The number of nitrogens with zero attached hydrogens (tertiary/aromatic N) is 1. The number of hydrogen-bond acceptors (Lipinski definition) is 7. The predicted molar refractivity (Wildman–Crippen MR) is 363 cm³/mol. The van der Waals surface area contributed by atoms with Crippen molar-refractivity contribution in [3.05, 3.63) is 194 Å². The molecule has 0 amide bonds. The van der Waals surface area contributed by atoms with Gasteiger partial charge in [-0.1, -0.05) is 247 Å². The van der Waals surface area contributed by atoms with Crippen LogP contribution in [-0.2, 0) is 33.3 Å². The molecule has 2 atom stereocenters. The molecule has 0 aromatic heterocycles. The van der Waals surface area contributed by atoms with Gasteiger partial charge in [0.05, 0.1) is 34.4 Å². The maximum atomic E-state index is 12.9. The minimum atomic E-state index is -1.54. The number of allylic oxidation sites excluding steroid dienone is 32. The third kappa shape index (κ3) is 65.5. The van der Waals surface area contributed by atoms with Crippen molar-refractivity contribution in [3.63, 3.8) is 0 Å². The van der Waals surface area contributed by atoms with E-state index in [-0.39, 0.29) is 38.6 Å². The Balaban J connectivity index is 4.33. The third-order valence-electron chi connectivity index (χ3n) is 12.8. The number of carboxylic acids is 1. The molecule has 0 spiro atoms. The van der Waals surface area contributed by atoms with Crippen molar-refractivity contribution in [1.29, 1.82) is 0 Å². The van der Waals surface area contributed by atoms with E-state index >= 15 is 0 Å². The van der Waals surface area contributed by atoms with Gasteiger partial charge >= 0.3 is 17.9 Å². The van der Waals surface area contributed by atoms with Gasteiger partial charge in [0.15, 0.2) is 6.10 Å². The Bertz CT molecular complexity index is 2090. The molecular formula is C76H118NO8+. The molecule has 1 N–H and O–H groups in total. The van der Waals surface area contributed by atoms with E-state index in [0.717, 1.165) is 154 Å². The number of rotatable bonds is 57. The van der Waals surface area contributed by atoms with E-state index in [1.165, 1.54) is 12.8 Å². The van der Waals surface area contributed by atoms with Gasteiger partial charge in [-0.2, -0.15) is 0 Å². The van der Waals surface area contributed by atoms with Crippen molar-refractivity contribution in [2.24, 2.45) is 0 Å². The van der Waals surface area contributed by atoms with Gasteiger partial charge in [0.25, 0.3) is 6.29 Å². The van der Waals surface area contributed by atoms with Crippen LogP contribution in [-0.4, -0.2) is 87.4 Å². The third-order valence-corrected chi connectivity index (χ3v) is 12.8. The summed E-state index contributed by atoms with van der Waals surface area (Å²) >= 11 is 0. The SMILES string of the molecule is CC/C=C\C/C=C\C/C=C\C/C=C\C/C=C\C/C=C\C/C=C\C/C=C\C/C=C\CCCCCCCCCC(=O)OC(COC(=O)CCCCC/C=C\C/C=C\C/C=C\C/C=C\C/C=C\C/C=C\C/C=C\CC)COC(OCC[N+](C)(C)C)C(=O)O. The van der Waals surface area contributed by atoms with Crippen molar-refractivity contribution < 1.29 is 42.9 Å². The van der Waals surface area contributed by atoms with Crippen molar-refractivity contribution in [2.45, 2.75) is 219 Å². The summed E-state index contributed by atoms with van der Waals surface area (Å²) in [5.74, 6) is -2.09. The van der Waals surface area contributed by atoms with Crippen LogP contribution >= 0.6 is 0 Å². The lowest BCUT2D eigenvalue weighted by molar-refractivity contribution is -0.870. The summed E-state index contributed by atoms with van der Waals surface area (Å²) in [7, 11) is 5.94. The summed E-state index contributed by atoms with van der Waals surface area (Å²) in [5, 5.41) is 9.73. The van der Waals surface area contributed by atoms with Gasteiger partial charge in [0.2, 0.25) is 0 Å². The van der Waals surface area contributed by atoms with Crippen molar-refractivity contribution in [2.75, 3.05) is 47.5 Å². The number of aliphatic carboxylic acids is 1. The van der Waals surface area contributed by atoms with Gasteiger partial charge in [-0.15, -0.1) is 0 Å². The Hall–Kier alpha value is -5.87. The Labute approximate surface area is 519 Å². The number of likely N-dealkylation sites (N-methyl/N-ethyl adjacent to an activating group) is 1. The Kier molecular flexibility index (Phi) is 59.7. The molecule has 0 aromatic rings. The molecule has 2 unspecified atom stereocenters. The summed E-state index contributed by atoms with van der Waals surface area (Å²) in [6, 6.07) is 0. The molecular weight excluding hydrogens is 1050 g/mol. The molecule has 9 heteroatoms. The summed E-state index contributed by atoms with van der Waals surface area (Å²) in [4.78, 5) is 37.5. The molecule has 0 bridgehead atoms. The molecule has 0 aromatic carbocycles. The van der Waals surface area contributed by atoms with Crippen molar-refractivity contribution >= 4 is 17.9 Å². The number of carbonyl (C=O) groups is 3. The van der Waals surface area contributed by atoms with E-state index in [1.54, 1.807) is 0 Å². The van der Waals surface area contributed by atoms with Gasteiger partial charge in [-0.05, 0) is 141 Å². The minimum Gasteiger partial charge on any atom is -0.477 e. The standard InChI is InChI=1S/C76H117NO8/c1-6-8-10-12-14-16-18-20-22-24-26-28-30-32-33-34-35-36-37-38-39-40-41-43-45-47-49-51-53-55-57-59-61-63-65-67-74(79)85-72(71-84-76(75(80)81)82-69-68-77(3,4)5)70-83-73(78)66-64-62-60-58-56-54-52-50-48-46-44-42-31-29-27-25-23-21-19-17-15-13-11-9-7-2/h8-11,14-17,20-23,26-29,32-33,35-36,38-39,41-44,47-50,54,56,72,76H,6-7,12-13,18-19,24-25,30-31,34,37,40,45-46,51-53,55,57-71H2,1-5H3/p+1/b10-8-,11-9-,16-14-,17-15-,22-20-,23-21-,28-26-,29-27-,33-32-,36-35-,39-38-,43-41-,44-42-,49-47-,50-48-,56-54-. The fraction of sp³-hybridized carbons (Fsp3) is 0.539. The number of unbranched alkanes of at least 4 members (excludes halogenated alkanes) is 10.